The van der Waals surface area contributed by atoms with Gasteiger partial charge in [-0.05, 0) is 32.9 Å². The predicted molar refractivity (Wildman–Crippen MR) is 76.9 cm³/mol. The molecule has 5 nitrogen and oxygen atoms in total. The minimum Gasteiger partial charge on any atom is -0.438 e. The van der Waals surface area contributed by atoms with E-state index in [1.54, 1.807) is 13.0 Å². The number of aromatic nitrogens is 2. The Kier molecular flexibility index (Phi) is 4.33. The minimum atomic E-state index is -0.620. The molecule has 1 aromatic heterocycles. The second-order valence-corrected chi connectivity index (χ2v) is 4.44. The van der Waals surface area contributed by atoms with E-state index in [9.17, 15) is 4.39 Å². The number of halogens is 1. The van der Waals surface area contributed by atoms with Crippen LogP contribution >= 0.6 is 0 Å². The fourth-order valence-electron chi connectivity index (χ4n) is 1.80. The highest BCUT2D eigenvalue weighted by Crippen LogP contribution is 2.27. The summed E-state index contributed by atoms with van der Waals surface area (Å²) in [6.45, 7) is 6.27. The van der Waals surface area contributed by atoms with Crippen molar-refractivity contribution in [2.24, 2.45) is 0 Å². The molecule has 0 aliphatic heterocycles. The number of hydrogen-bond acceptors (Lipinski definition) is 5. The summed E-state index contributed by atoms with van der Waals surface area (Å²) in [5.74, 6) is 1.28. The van der Waals surface area contributed by atoms with Crippen molar-refractivity contribution >= 4 is 5.82 Å². The molecule has 1 aromatic carbocycles. The summed E-state index contributed by atoms with van der Waals surface area (Å²) in [5.41, 5.74) is 0.721. The lowest BCUT2D eigenvalue weighted by molar-refractivity contribution is 0.451. The van der Waals surface area contributed by atoms with Crippen molar-refractivity contribution in [2.75, 3.05) is 11.9 Å². The van der Waals surface area contributed by atoms with Crippen molar-refractivity contribution < 1.29 is 9.13 Å². The summed E-state index contributed by atoms with van der Waals surface area (Å²) in [4.78, 5) is 8.51. The molecular formula is C15H15FN4O. The molecule has 0 unspecified atom stereocenters. The number of rotatable bonds is 4. The SMILES string of the molecule is CCNc1nc(C)nc(Oc2ccc(C#N)c(F)c2)c1C. The third-order valence-corrected chi connectivity index (χ3v) is 2.83. The van der Waals surface area contributed by atoms with Gasteiger partial charge in [0.1, 0.15) is 29.3 Å². The van der Waals surface area contributed by atoms with Gasteiger partial charge < -0.3 is 10.1 Å². The van der Waals surface area contributed by atoms with Crippen LogP contribution in [0.1, 0.15) is 23.9 Å². The highest BCUT2D eigenvalue weighted by Gasteiger charge is 2.12. The molecule has 2 rings (SSSR count). The van der Waals surface area contributed by atoms with Crippen LogP contribution in [-0.2, 0) is 0 Å². The van der Waals surface area contributed by atoms with Gasteiger partial charge in [0.15, 0.2) is 0 Å². The molecule has 0 bridgehead atoms. The van der Waals surface area contributed by atoms with Crippen molar-refractivity contribution in [1.29, 1.82) is 5.26 Å². The Morgan fingerprint density at radius 1 is 1.33 bits per heavy atom. The molecule has 1 heterocycles. The topological polar surface area (TPSA) is 70.8 Å². The third kappa shape index (κ3) is 3.26. The number of hydrogen-bond donors (Lipinski definition) is 1. The molecule has 6 heteroatoms. The Bertz CT molecular complexity index is 710. The molecule has 0 aliphatic carbocycles. The Balaban J connectivity index is 2.35. The van der Waals surface area contributed by atoms with Gasteiger partial charge in [-0.2, -0.15) is 10.2 Å². The highest BCUT2D eigenvalue weighted by atomic mass is 19.1. The van der Waals surface area contributed by atoms with Gasteiger partial charge in [0.2, 0.25) is 5.88 Å². The predicted octanol–water partition coefficient (Wildman–Crippen LogP) is 3.33. The maximum absolute atomic E-state index is 13.6. The number of nitriles is 1. The summed E-state index contributed by atoms with van der Waals surface area (Å²) in [6.07, 6.45) is 0. The summed E-state index contributed by atoms with van der Waals surface area (Å²) in [5, 5.41) is 11.8. The van der Waals surface area contributed by atoms with E-state index in [-0.39, 0.29) is 11.3 Å². The van der Waals surface area contributed by atoms with E-state index in [0.717, 1.165) is 12.1 Å². The smallest absolute Gasteiger partial charge is 0.227 e. The van der Waals surface area contributed by atoms with Crippen LogP contribution in [0.15, 0.2) is 18.2 Å². The second-order valence-electron chi connectivity index (χ2n) is 4.44. The molecule has 0 saturated carbocycles. The molecule has 2 aromatic rings. The lowest BCUT2D eigenvalue weighted by Gasteiger charge is -2.12. The first-order valence-corrected chi connectivity index (χ1v) is 6.51. The van der Waals surface area contributed by atoms with Gasteiger partial charge in [-0.3, -0.25) is 0 Å². The van der Waals surface area contributed by atoms with E-state index in [0.29, 0.717) is 17.5 Å². The van der Waals surface area contributed by atoms with Crippen LogP contribution in [0, 0.1) is 31.0 Å². The fourth-order valence-corrected chi connectivity index (χ4v) is 1.80. The molecule has 21 heavy (non-hydrogen) atoms. The quantitative estimate of drug-likeness (QED) is 0.933. The van der Waals surface area contributed by atoms with E-state index in [1.165, 1.54) is 18.2 Å². The van der Waals surface area contributed by atoms with Gasteiger partial charge in [0.05, 0.1) is 11.1 Å². The van der Waals surface area contributed by atoms with E-state index in [4.69, 9.17) is 10.00 Å². The van der Waals surface area contributed by atoms with Crippen molar-refractivity contribution in [3.63, 3.8) is 0 Å². The van der Waals surface area contributed by atoms with E-state index >= 15 is 0 Å². The first-order chi connectivity index (χ1) is 10.0. The van der Waals surface area contributed by atoms with Crippen LogP contribution in [-0.4, -0.2) is 16.5 Å². The van der Waals surface area contributed by atoms with Gasteiger partial charge in [-0.15, -0.1) is 0 Å². The first kappa shape index (κ1) is 14.7. The van der Waals surface area contributed by atoms with Crippen LogP contribution in [0.4, 0.5) is 10.2 Å². The van der Waals surface area contributed by atoms with E-state index in [1.807, 2.05) is 13.8 Å². The standard InChI is InChI=1S/C15H15FN4O/c1-4-18-14-9(2)15(20-10(3)19-14)21-12-6-5-11(8-17)13(16)7-12/h5-7H,4H2,1-3H3,(H,18,19,20). The normalized spacial score (nSPS) is 10.0. The Morgan fingerprint density at radius 3 is 2.71 bits per heavy atom. The van der Waals surface area contributed by atoms with Gasteiger partial charge in [0.25, 0.3) is 0 Å². The van der Waals surface area contributed by atoms with Gasteiger partial charge in [0, 0.05) is 12.6 Å². The zero-order valence-corrected chi connectivity index (χ0v) is 12.1. The van der Waals surface area contributed by atoms with Gasteiger partial charge >= 0.3 is 0 Å². The lowest BCUT2D eigenvalue weighted by Crippen LogP contribution is -2.06. The van der Waals surface area contributed by atoms with Crippen molar-refractivity contribution in [3.05, 3.63) is 41.0 Å². The van der Waals surface area contributed by atoms with Crippen LogP contribution < -0.4 is 10.1 Å². The molecule has 0 amide bonds. The highest BCUT2D eigenvalue weighted by molar-refractivity contribution is 5.49. The monoisotopic (exact) mass is 286 g/mol. The maximum atomic E-state index is 13.6. The molecular weight excluding hydrogens is 271 g/mol. The molecule has 0 aliphatic rings. The van der Waals surface area contributed by atoms with Crippen molar-refractivity contribution in [1.82, 2.24) is 9.97 Å². The van der Waals surface area contributed by atoms with E-state index < -0.39 is 5.82 Å². The summed E-state index contributed by atoms with van der Waals surface area (Å²) < 4.78 is 19.2. The Hall–Kier alpha value is -2.68. The van der Waals surface area contributed by atoms with Gasteiger partial charge in [-0.25, -0.2) is 9.37 Å². The zero-order chi connectivity index (χ0) is 15.4. The Labute approximate surface area is 122 Å². The molecule has 1 N–H and O–H groups in total. The first-order valence-electron chi connectivity index (χ1n) is 6.51. The number of nitrogens with one attached hydrogen (secondary N) is 1. The summed E-state index contributed by atoms with van der Waals surface area (Å²) in [6, 6.07) is 5.84. The van der Waals surface area contributed by atoms with E-state index in [2.05, 4.69) is 15.3 Å². The molecule has 108 valence electrons. The van der Waals surface area contributed by atoms with Crippen LogP contribution in [0.5, 0.6) is 11.6 Å². The van der Waals surface area contributed by atoms with Crippen molar-refractivity contribution in [3.8, 4) is 17.7 Å². The van der Waals surface area contributed by atoms with Crippen LogP contribution in [0.25, 0.3) is 0 Å². The average molecular weight is 286 g/mol. The summed E-state index contributed by atoms with van der Waals surface area (Å²) >= 11 is 0. The maximum Gasteiger partial charge on any atom is 0.227 e. The number of aryl methyl sites for hydroxylation is 1. The number of ether oxygens (including phenoxy) is 1. The average Bonchev–Trinajstić information content (AvgIpc) is 2.44. The van der Waals surface area contributed by atoms with Crippen LogP contribution in [0.2, 0.25) is 0 Å². The molecule has 0 spiro atoms. The molecule has 0 atom stereocenters. The largest absolute Gasteiger partial charge is 0.438 e. The molecule has 0 radical (unpaired) electrons. The van der Waals surface area contributed by atoms with Gasteiger partial charge in [-0.1, -0.05) is 0 Å². The minimum absolute atomic E-state index is 0.0220. The number of benzene rings is 1. The molecule has 0 saturated heterocycles. The zero-order valence-electron chi connectivity index (χ0n) is 12.1. The third-order valence-electron chi connectivity index (χ3n) is 2.83. The van der Waals surface area contributed by atoms with Crippen molar-refractivity contribution in [2.45, 2.75) is 20.8 Å². The second kappa shape index (κ2) is 6.18. The molecule has 0 fully saturated rings. The summed E-state index contributed by atoms with van der Waals surface area (Å²) in [7, 11) is 0. The Morgan fingerprint density at radius 2 is 2.10 bits per heavy atom. The number of nitrogens with zero attached hydrogens (tertiary/aromatic N) is 3. The fraction of sp³-hybridized carbons (Fsp3) is 0.267. The van der Waals surface area contributed by atoms with Crippen LogP contribution in [0.3, 0.4) is 0 Å². The number of anilines is 1. The lowest BCUT2D eigenvalue weighted by atomic mass is 10.2.